The second kappa shape index (κ2) is 7.53. The predicted octanol–water partition coefficient (Wildman–Crippen LogP) is 1.93. The largest absolute Gasteiger partial charge is 0.351 e. The Morgan fingerprint density at radius 3 is 2.42 bits per heavy atom. The molecular formula is C18H26ClN3O2. The van der Waals surface area contributed by atoms with E-state index in [2.05, 4.69) is 11.4 Å². The van der Waals surface area contributed by atoms with Crippen LogP contribution >= 0.6 is 12.4 Å². The standard InChI is InChI=1S/C18H25N3O2.ClH/c1-11-7-12(2)9-14(8-11)21-6-5-15(18(21)23)17(22)20-16(10-19)13-3-4-13;/h7-9,13,15-16H,3-6,10,19H2,1-2H3,(H,20,22);1H. The molecule has 0 aromatic heterocycles. The van der Waals surface area contributed by atoms with Crippen molar-refractivity contribution in [1.29, 1.82) is 0 Å². The zero-order valence-electron chi connectivity index (χ0n) is 14.2. The number of carbonyl (C=O) groups excluding carboxylic acids is 2. The summed E-state index contributed by atoms with van der Waals surface area (Å²) >= 11 is 0. The monoisotopic (exact) mass is 351 g/mol. The third-order valence-electron chi connectivity index (χ3n) is 4.81. The van der Waals surface area contributed by atoms with Crippen molar-refractivity contribution in [1.82, 2.24) is 5.32 Å². The number of nitrogens with zero attached hydrogens (tertiary/aromatic N) is 1. The van der Waals surface area contributed by atoms with Gasteiger partial charge in [-0.05, 0) is 62.3 Å². The summed E-state index contributed by atoms with van der Waals surface area (Å²) in [5, 5.41) is 2.98. The summed E-state index contributed by atoms with van der Waals surface area (Å²) in [6, 6.07) is 6.09. The van der Waals surface area contributed by atoms with Gasteiger partial charge in [0.05, 0.1) is 0 Å². The smallest absolute Gasteiger partial charge is 0.239 e. The maximum absolute atomic E-state index is 12.7. The number of hydrogen-bond donors (Lipinski definition) is 2. The molecule has 1 aromatic rings. The number of rotatable bonds is 5. The molecule has 3 rings (SSSR count). The maximum atomic E-state index is 12.7. The summed E-state index contributed by atoms with van der Waals surface area (Å²) < 4.78 is 0. The molecule has 0 spiro atoms. The molecule has 1 saturated heterocycles. The van der Waals surface area contributed by atoms with Crippen LogP contribution in [0.25, 0.3) is 0 Å². The van der Waals surface area contributed by atoms with Crippen molar-refractivity contribution in [2.24, 2.45) is 17.6 Å². The minimum atomic E-state index is -0.580. The van der Waals surface area contributed by atoms with Crippen LogP contribution in [0.4, 0.5) is 5.69 Å². The lowest BCUT2D eigenvalue weighted by Gasteiger charge is -2.20. The number of hydrogen-bond acceptors (Lipinski definition) is 3. The molecule has 24 heavy (non-hydrogen) atoms. The Kier molecular flexibility index (Phi) is 5.88. The first-order valence-corrected chi connectivity index (χ1v) is 8.39. The van der Waals surface area contributed by atoms with Gasteiger partial charge in [0, 0.05) is 24.8 Å². The third-order valence-corrected chi connectivity index (χ3v) is 4.81. The molecule has 2 amide bonds. The van der Waals surface area contributed by atoms with E-state index in [1.807, 2.05) is 26.0 Å². The van der Waals surface area contributed by atoms with Crippen molar-refractivity contribution in [2.45, 2.75) is 39.2 Å². The molecule has 2 atom stereocenters. The average molecular weight is 352 g/mol. The predicted molar refractivity (Wildman–Crippen MR) is 97.3 cm³/mol. The number of nitrogens with one attached hydrogen (secondary N) is 1. The maximum Gasteiger partial charge on any atom is 0.239 e. The van der Waals surface area contributed by atoms with Gasteiger partial charge in [-0.3, -0.25) is 9.59 Å². The Hall–Kier alpha value is -1.59. The van der Waals surface area contributed by atoms with Crippen LogP contribution in [0.2, 0.25) is 0 Å². The molecule has 2 unspecified atom stereocenters. The Labute approximate surface area is 149 Å². The first-order chi connectivity index (χ1) is 11.0. The summed E-state index contributed by atoms with van der Waals surface area (Å²) in [7, 11) is 0. The Bertz CT molecular complexity index is 610. The lowest BCUT2D eigenvalue weighted by atomic mass is 10.1. The molecule has 2 fully saturated rings. The van der Waals surface area contributed by atoms with Crippen LogP contribution in [0, 0.1) is 25.7 Å². The minimum Gasteiger partial charge on any atom is -0.351 e. The fourth-order valence-corrected chi connectivity index (χ4v) is 3.44. The summed E-state index contributed by atoms with van der Waals surface area (Å²) in [6.45, 7) is 5.07. The molecule has 1 aromatic carbocycles. The van der Waals surface area contributed by atoms with Crippen LogP contribution in [-0.4, -0.2) is 30.9 Å². The number of benzene rings is 1. The summed E-state index contributed by atoms with van der Waals surface area (Å²) in [6.07, 6.45) is 2.81. The van der Waals surface area contributed by atoms with Crippen molar-refractivity contribution >= 4 is 29.9 Å². The van der Waals surface area contributed by atoms with Crippen LogP contribution in [0.3, 0.4) is 0 Å². The Balaban J connectivity index is 0.00000208. The first kappa shape index (κ1) is 18.7. The van der Waals surface area contributed by atoms with Gasteiger partial charge in [0.1, 0.15) is 5.92 Å². The zero-order valence-corrected chi connectivity index (χ0v) is 15.1. The van der Waals surface area contributed by atoms with Gasteiger partial charge in [0.25, 0.3) is 0 Å². The molecule has 3 N–H and O–H groups in total. The highest BCUT2D eigenvalue weighted by Gasteiger charge is 2.40. The molecule has 1 saturated carbocycles. The van der Waals surface area contributed by atoms with E-state index in [1.165, 1.54) is 0 Å². The number of anilines is 1. The van der Waals surface area contributed by atoms with Gasteiger partial charge in [0.15, 0.2) is 0 Å². The molecule has 0 radical (unpaired) electrons. The van der Waals surface area contributed by atoms with Gasteiger partial charge < -0.3 is 16.0 Å². The lowest BCUT2D eigenvalue weighted by molar-refractivity contribution is -0.132. The normalized spacial score (nSPS) is 21.4. The van der Waals surface area contributed by atoms with Crippen LogP contribution < -0.4 is 16.0 Å². The molecule has 0 bridgehead atoms. The summed E-state index contributed by atoms with van der Waals surface area (Å²) in [5.41, 5.74) is 8.87. The molecule has 1 aliphatic heterocycles. The lowest BCUT2D eigenvalue weighted by Crippen LogP contribution is -2.46. The molecule has 132 valence electrons. The van der Waals surface area contributed by atoms with E-state index >= 15 is 0 Å². The fourth-order valence-electron chi connectivity index (χ4n) is 3.44. The van der Waals surface area contributed by atoms with Crippen molar-refractivity contribution in [3.8, 4) is 0 Å². The van der Waals surface area contributed by atoms with Gasteiger partial charge in [-0.25, -0.2) is 0 Å². The van der Waals surface area contributed by atoms with Gasteiger partial charge in [0.2, 0.25) is 11.8 Å². The molecule has 1 aliphatic carbocycles. The molecular weight excluding hydrogens is 326 g/mol. The zero-order chi connectivity index (χ0) is 16.6. The van der Waals surface area contributed by atoms with E-state index in [4.69, 9.17) is 5.73 Å². The highest BCUT2D eigenvalue weighted by Crippen LogP contribution is 2.33. The molecule has 6 heteroatoms. The number of aryl methyl sites for hydroxylation is 2. The van der Waals surface area contributed by atoms with E-state index in [0.717, 1.165) is 29.7 Å². The van der Waals surface area contributed by atoms with Crippen LogP contribution in [0.1, 0.15) is 30.4 Å². The number of amides is 2. The second-order valence-electron chi connectivity index (χ2n) is 6.87. The minimum absolute atomic E-state index is 0. The topological polar surface area (TPSA) is 75.4 Å². The summed E-state index contributed by atoms with van der Waals surface area (Å²) in [5.74, 6) is -0.345. The molecule has 2 aliphatic rings. The number of nitrogens with two attached hydrogens (primary N) is 1. The van der Waals surface area contributed by atoms with E-state index in [0.29, 0.717) is 25.4 Å². The van der Waals surface area contributed by atoms with Crippen LogP contribution in [0.5, 0.6) is 0 Å². The van der Waals surface area contributed by atoms with Crippen molar-refractivity contribution in [3.63, 3.8) is 0 Å². The van der Waals surface area contributed by atoms with Gasteiger partial charge in [-0.1, -0.05) is 6.07 Å². The van der Waals surface area contributed by atoms with E-state index in [-0.39, 0.29) is 30.3 Å². The highest BCUT2D eigenvalue weighted by molar-refractivity contribution is 6.09. The highest BCUT2D eigenvalue weighted by atomic mass is 35.5. The SMILES string of the molecule is Cc1cc(C)cc(N2CCC(C(=O)NC(CN)C3CC3)C2=O)c1.Cl. The fraction of sp³-hybridized carbons (Fsp3) is 0.556. The average Bonchev–Trinajstić information content (AvgIpc) is 3.26. The Morgan fingerprint density at radius 2 is 1.88 bits per heavy atom. The number of halogens is 1. The van der Waals surface area contributed by atoms with E-state index in [9.17, 15) is 9.59 Å². The molecule has 1 heterocycles. The Morgan fingerprint density at radius 1 is 1.25 bits per heavy atom. The summed E-state index contributed by atoms with van der Waals surface area (Å²) in [4.78, 5) is 26.8. The van der Waals surface area contributed by atoms with Gasteiger partial charge in [-0.15, -0.1) is 12.4 Å². The van der Waals surface area contributed by atoms with E-state index in [1.54, 1.807) is 4.90 Å². The van der Waals surface area contributed by atoms with Crippen molar-refractivity contribution < 1.29 is 9.59 Å². The van der Waals surface area contributed by atoms with Crippen molar-refractivity contribution in [2.75, 3.05) is 18.0 Å². The van der Waals surface area contributed by atoms with Gasteiger partial charge in [-0.2, -0.15) is 0 Å². The van der Waals surface area contributed by atoms with Crippen molar-refractivity contribution in [3.05, 3.63) is 29.3 Å². The molecule has 5 nitrogen and oxygen atoms in total. The first-order valence-electron chi connectivity index (χ1n) is 8.39. The van der Waals surface area contributed by atoms with Crippen LogP contribution in [0.15, 0.2) is 18.2 Å². The van der Waals surface area contributed by atoms with Crippen LogP contribution in [-0.2, 0) is 9.59 Å². The van der Waals surface area contributed by atoms with Gasteiger partial charge >= 0.3 is 0 Å². The number of carbonyl (C=O) groups is 2. The quantitative estimate of drug-likeness (QED) is 0.796. The van der Waals surface area contributed by atoms with E-state index < -0.39 is 5.92 Å². The third kappa shape index (κ3) is 3.90. The second-order valence-corrected chi connectivity index (χ2v) is 6.87.